The molecule has 8 heteroatoms. The molecule has 1 aromatic carbocycles. The molecule has 1 aliphatic rings. The number of nitrogens with zero attached hydrogens (tertiary/aromatic N) is 4. The third kappa shape index (κ3) is 3.71. The highest BCUT2D eigenvalue weighted by Gasteiger charge is 2.25. The highest BCUT2D eigenvalue weighted by Crippen LogP contribution is 2.22. The Morgan fingerprint density at radius 2 is 1.96 bits per heavy atom. The van der Waals surface area contributed by atoms with Crippen LogP contribution in [-0.4, -0.2) is 46.9 Å². The lowest BCUT2D eigenvalue weighted by Crippen LogP contribution is -2.49. The SMILES string of the molecule is Cc1ncc([N+](=O)[O-])cc1C(=O)N1CCN(c2cccc(Cl)c2)CC1. The van der Waals surface area contributed by atoms with Crippen molar-refractivity contribution in [2.75, 3.05) is 31.1 Å². The first kappa shape index (κ1) is 17.2. The summed E-state index contributed by atoms with van der Waals surface area (Å²) in [4.78, 5) is 30.9. The largest absolute Gasteiger partial charge is 0.368 e. The molecule has 0 saturated carbocycles. The second-order valence-corrected chi connectivity index (χ2v) is 6.28. The lowest BCUT2D eigenvalue weighted by molar-refractivity contribution is -0.385. The first-order valence-corrected chi connectivity index (χ1v) is 8.24. The Hall–Kier alpha value is -2.67. The van der Waals surface area contributed by atoms with E-state index in [0.29, 0.717) is 36.9 Å². The summed E-state index contributed by atoms with van der Waals surface area (Å²) in [5.74, 6) is -0.223. The number of aryl methyl sites for hydroxylation is 1. The summed E-state index contributed by atoms with van der Waals surface area (Å²) >= 11 is 6.03. The van der Waals surface area contributed by atoms with E-state index in [1.807, 2.05) is 24.3 Å². The molecule has 1 aromatic heterocycles. The Kier molecular flexibility index (Phi) is 4.85. The Balaban J connectivity index is 1.72. The molecule has 130 valence electrons. The molecule has 7 nitrogen and oxygen atoms in total. The number of anilines is 1. The molecule has 0 N–H and O–H groups in total. The molecule has 0 aliphatic carbocycles. The number of hydrogen-bond acceptors (Lipinski definition) is 5. The monoisotopic (exact) mass is 360 g/mol. The van der Waals surface area contributed by atoms with E-state index in [1.165, 1.54) is 12.3 Å². The van der Waals surface area contributed by atoms with Gasteiger partial charge in [0.25, 0.3) is 11.6 Å². The number of hydrogen-bond donors (Lipinski definition) is 0. The fourth-order valence-electron chi connectivity index (χ4n) is 2.85. The lowest BCUT2D eigenvalue weighted by atomic mass is 10.1. The van der Waals surface area contributed by atoms with Crippen molar-refractivity contribution in [3.8, 4) is 0 Å². The fraction of sp³-hybridized carbons (Fsp3) is 0.294. The standard InChI is InChI=1S/C17H17ClN4O3/c1-12-16(10-15(11-19-12)22(24)25)17(23)21-7-5-20(6-8-21)14-4-2-3-13(18)9-14/h2-4,9-11H,5-8H2,1H3. The number of piperazine rings is 1. The van der Waals surface area contributed by atoms with Crippen molar-refractivity contribution in [1.82, 2.24) is 9.88 Å². The average Bonchev–Trinajstić information content (AvgIpc) is 2.61. The summed E-state index contributed by atoms with van der Waals surface area (Å²) in [5.41, 5.74) is 1.62. The molecule has 0 bridgehead atoms. The van der Waals surface area contributed by atoms with Crippen molar-refractivity contribution in [3.63, 3.8) is 0 Å². The molecule has 0 atom stereocenters. The Morgan fingerprint density at radius 3 is 2.60 bits per heavy atom. The summed E-state index contributed by atoms with van der Waals surface area (Å²) in [5, 5.41) is 11.6. The van der Waals surface area contributed by atoms with Crippen LogP contribution in [0.15, 0.2) is 36.5 Å². The first-order chi connectivity index (χ1) is 12.0. The number of pyridine rings is 1. The van der Waals surface area contributed by atoms with Crippen molar-refractivity contribution < 1.29 is 9.72 Å². The minimum atomic E-state index is -0.541. The van der Waals surface area contributed by atoms with E-state index in [0.717, 1.165) is 5.69 Å². The van der Waals surface area contributed by atoms with Crippen molar-refractivity contribution >= 4 is 28.9 Å². The molecule has 2 aromatic rings. The van der Waals surface area contributed by atoms with Crippen LogP contribution in [0.4, 0.5) is 11.4 Å². The maximum atomic E-state index is 12.7. The van der Waals surface area contributed by atoms with Gasteiger partial charge in [0.05, 0.1) is 16.2 Å². The van der Waals surface area contributed by atoms with Gasteiger partial charge in [-0.3, -0.25) is 19.9 Å². The molecule has 25 heavy (non-hydrogen) atoms. The summed E-state index contributed by atoms with van der Waals surface area (Å²) < 4.78 is 0. The molecule has 3 rings (SSSR count). The molecule has 0 spiro atoms. The number of carbonyl (C=O) groups excluding carboxylic acids is 1. The van der Waals surface area contributed by atoms with E-state index in [-0.39, 0.29) is 17.2 Å². The average molecular weight is 361 g/mol. The molecule has 1 amide bonds. The van der Waals surface area contributed by atoms with Gasteiger partial charge in [-0.05, 0) is 25.1 Å². The summed E-state index contributed by atoms with van der Waals surface area (Å²) in [6.45, 7) is 4.10. The zero-order valence-corrected chi connectivity index (χ0v) is 14.4. The van der Waals surface area contributed by atoms with Crippen molar-refractivity contribution in [3.05, 3.63) is 62.9 Å². The maximum absolute atomic E-state index is 12.7. The van der Waals surface area contributed by atoms with Gasteiger partial charge in [-0.15, -0.1) is 0 Å². The first-order valence-electron chi connectivity index (χ1n) is 7.86. The van der Waals surface area contributed by atoms with Crippen LogP contribution in [0.2, 0.25) is 5.02 Å². The summed E-state index contributed by atoms with van der Waals surface area (Å²) in [6.07, 6.45) is 1.17. The smallest absolute Gasteiger partial charge is 0.288 e. The Morgan fingerprint density at radius 1 is 1.24 bits per heavy atom. The second-order valence-electron chi connectivity index (χ2n) is 5.84. The van der Waals surface area contributed by atoms with Crippen molar-refractivity contribution in [1.29, 1.82) is 0 Å². The van der Waals surface area contributed by atoms with Crippen LogP contribution in [0.1, 0.15) is 16.1 Å². The second kappa shape index (κ2) is 7.06. The molecular formula is C17H17ClN4O3. The van der Waals surface area contributed by atoms with Crippen molar-refractivity contribution in [2.45, 2.75) is 6.92 Å². The van der Waals surface area contributed by atoms with E-state index >= 15 is 0 Å². The summed E-state index contributed by atoms with van der Waals surface area (Å²) in [7, 11) is 0. The number of rotatable bonds is 3. The predicted octanol–water partition coefficient (Wildman–Crippen LogP) is 2.91. The van der Waals surface area contributed by atoms with Crippen LogP contribution in [-0.2, 0) is 0 Å². The van der Waals surface area contributed by atoms with E-state index in [4.69, 9.17) is 11.6 Å². The number of aromatic nitrogens is 1. The predicted molar refractivity (Wildman–Crippen MR) is 95.2 cm³/mol. The van der Waals surface area contributed by atoms with Crippen LogP contribution in [0.5, 0.6) is 0 Å². The number of halogens is 1. The molecule has 1 fully saturated rings. The van der Waals surface area contributed by atoms with Gasteiger partial charge in [-0.25, -0.2) is 0 Å². The van der Waals surface area contributed by atoms with E-state index in [1.54, 1.807) is 11.8 Å². The van der Waals surface area contributed by atoms with Crippen LogP contribution in [0.3, 0.4) is 0 Å². The third-order valence-corrected chi connectivity index (χ3v) is 4.49. The van der Waals surface area contributed by atoms with Crippen LogP contribution in [0, 0.1) is 17.0 Å². The number of nitro groups is 1. The van der Waals surface area contributed by atoms with E-state index in [9.17, 15) is 14.9 Å². The maximum Gasteiger partial charge on any atom is 0.288 e. The number of amides is 1. The highest BCUT2D eigenvalue weighted by molar-refractivity contribution is 6.30. The van der Waals surface area contributed by atoms with Gasteiger partial charge in [0.2, 0.25) is 0 Å². The normalized spacial score (nSPS) is 14.5. The number of benzene rings is 1. The molecule has 0 unspecified atom stereocenters. The van der Waals surface area contributed by atoms with Gasteiger partial charge in [-0.1, -0.05) is 17.7 Å². The van der Waals surface area contributed by atoms with Crippen molar-refractivity contribution in [2.24, 2.45) is 0 Å². The van der Waals surface area contributed by atoms with Crippen LogP contribution >= 0.6 is 11.6 Å². The lowest BCUT2D eigenvalue weighted by Gasteiger charge is -2.36. The van der Waals surface area contributed by atoms with Crippen LogP contribution in [0.25, 0.3) is 0 Å². The highest BCUT2D eigenvalue weighted by atomic mass is 35.5. The van der Waals surface area contributed by atoms with Gasteiger partial charge in [0.1, 0.15) is 6.20 Å². The Bertz CT molecular complexity index is 819. The third-order valence-electron chi connectivity index (χ3n) is 4.25. The van der Waals surface area contributed by atoms with E-state index < -0.39 is 4.92 Å². The van der Waals surface area contributed by atoms with Gasteiger partial charge < -0.3 is 9.80 Å². The van der Waals surface area contributed by atoms with Gasteiger partial charge >= 0.3 is 0 Å². The van der Waals surface area contributed by atoms with Gasteiger partial charge in [-0.2, -0.15) is 0 Å². The minimum absolute atomic E-state index is 0.175. The van der Waals surface area contributed by atoms with Crippen LogP contribution < -0.4 is 4.90 Å². The number of carbonyl (C=O) groups is 1. The molecule has 2 heterocycles. The van der Waals surface area contributed by atoms with E-state index in [2.05, 4.69) is 9.88 Å². The molecule has 1 saturated heterocycles. The zero-order chi connectivity index (χ0) is 18.0. The molecule has 1 aliphatic heterocycles. The molecular weight excluding hydrogens is 344 g/mol. The fourth-order valence-corrected chi connectivity index (χ4v) is 3.03. The quantitative estimate of drug-likeness (QED) is 0.621. The Labute approximate surface area is 150 Å². The summed E-state index contributed by atoms with van der Waals surface area (Å²) in [6, 6.07) is 8.90. The topological polar surface area (TPSA) is 79.6 Å². The molecule has 0 radical (unpaired) electrons. The van der Waals surface area contributed by atoms with Gasteiger partial charge in [0.15, 0.2) is 0 Å². The van der Waals surface area contributed by atoms with Gasteiger partial charge in [0, 0.05) is 43.0 Å². The minimum Gasteiger partial charge on any atom is -0.368 e. The zero-order valence-electron chi connectivity index (χ0n) is 13.7.